The number of nitrogens with zero attached hydrogens (tertiary/aromatic N) is 11. The molecule has 0 bridgehead atoms. The number of hydrogen-bond acceptors (Lipinski definition) is 13. The summed E-state index contributed by atoms with van der Waals surface area (Å²) < 4.78 is 33.1. The number of aliphatic hydroxyl groups excluding tert-OH is 1. The van der Waals surface area contributed by atoms with Crippen molar-refractivity contribution in [2.75, 3.05) is 37.7 Å². The van der Waals surface area contributed by atoms with Gasteiger partial charge >= 0.3 is 22.5 Å². The molecule has 7 N–H and O–H groups in total. The molecule has 0 saturated carbocycles. The van der Waals surface area contributed by atoms with Gasteiger partial charge in [0.15, 0.2) is 0 Å². The first-order valence-electron chi connectivity index (χ1n) is 34.6. The van der Waals surface area contributed by atoms with Gasteiger partial charge in [-0.25, -0.2) is 19.9 Å². The summed E-state index contributed by atoms with van der Waals surface area (Å²) in [7, 11) is 0. The minimum absolute atomic E-state index is 0. The molecule has 0 aliphatic rings. The number of carbonyl (C=O) groups is 1. The van der Waals surface area contributed by atoms with Crippen molar-refractivity contribution >= 4 is 40.9 Å². The third-order valence-electron chi connectivity index (χ3n) is 17.9. The summed E-state index contributed by atoms with van der Waals surface area (Å²) in [5.41, 5.74) is 31.8. The van der Waals surface area contributed by atoms with E-state index in [1.165, 1.54) is 72.8 Å². The molecule has 10 heterocycles. The normalized spacial score (nSPS) is 10.9. The Bertz CT molecular complexity index is 4050. The Kier molecular flexibility index (Phi) is 57.9. The van der Waals surface area contributed by atoms with Crippen LogP contribution >= 0.6 is 11.9 Å². The van der Waals surface area contributed by atoms with Crippen molar-refractivity contribution in [2.24, 2.45) is 5.90 Å². The van der Waals surface area contributed by atoms with Crippen LogP contribution in [0.4, 0.5) is 11.6 Å². The van der Waals surface area contributed by atoms with E-state index in [2.05, 4.69) is 288 Å². The molecular weight excluding hydrogens is 1520 g/mol. The molecule has 0 aromatic carbocycles. The van der Waals surface area contributed by atoms with E-state index in [0.717, 1.165) is 115 Å². The van der Waals surface area contributed by atoms with E-state index in [1.54, 1.807) is 6.08 Å². The molecule has 10 aromatic heterocycles. The molecule has 108 heavy (non-hydrogen) atoms. The Balaban J connectivity index is -0.000000629. The van der Waals surface area contributed by atoms with Gasteiger partial charge in [-0.2, -0.15) is 10.3 Å². The predicted molar refractivity (Wildman–Crippen MR) is 432 cm³/mol. The van der Waals surface area contributed by atoms with Gasteiger partial charge in [0.1, 0.15) is 52.8 Å². The summed E-state index contributed by atoms with van der Waals surface area (Å²) in [5, 5.41) is 9.28. The Labute approximate surface area is 778 Å². The van der Waals surface area contributed by atoms with Crippen LogP contribution in [0.1, 0.15) is 213 Å². The fourth-order valence-electron chi connectivity index (χ4n) is 12.3. The first kappa shape index (κ1) is 111. The molecular formula is C83H123Ar4ClMnN14O5. The molecule has 0 spiro atoms. The molecule has 0 aliphatic carbocycles. The van der Waals surface area contributed by atoms with Crippen LogP contribution in [-0.4, -0.2) is 89.9 Å². The summed E-state index contributed by atoms with van der Waals surface area (Å²) >= 11 is 2.84. The first-order chi connectivity index (χ1) is 48.1. The van der Waals surface area contributed by atoms with Gasteiger partial charge in [-0.05, 0) is 302 Å². The fraction of sp³-hybridized carbons (Fsp3) is 0.410. The van der Waals surface area contributed by atoms with E-state index in [9.17, 15) is 9.90 Å². The average Bonchev–Trinajstić information content (AvgIpc) is 1.54. The van der Waals surface area contributed by atoms with Crippen molar-refractivity contribution in [3.63, 3.8) is 0 Å². The number of anilines is 2. The van der Waals surface area contributed by atoms with Gasteiger partial charge in [-0.1, -0.05) is 89.7 Å². The van der Waals surface area contributed by atoms with E-state index < -0.39 is 14.8 Å². The number of nitrogen functional groups attached to an aromatic ring is 2. The van der Waals surface area contributed by atoms with Crippen LogP contribution in [0.2, 0.25) is 0 Å². The molecule has 0 radical (unpaired) electrons. The quantitative estimate of drug-likeness (QED) is 0.0255. The first-order valence-corrected chi connectivity index (χ1v) is 35.8. The van der Waals surface area contributed by atoms with Gasteiger partial charge in [0.25, 0.3) is 0 Å². The summed E-state index contributed by atoms with van der Waals surface area (Å²) in [6.45, 7) is 48.2. The molecule has 601 valence electrons. The van der Waals surface area contributed by atoms with E-state index in [-0.39, 0.29) is 180 Å². The monoisotopic (exact) mass is 1650 g/mol. The third-order valence-corrected chi connectivity index (χ3v) is 17.9. The van der Waals surface area contributed by atoms with Crippen LogP contribution in [-0.2, 0) is 31.7 Å². The molecule has 10 aromatic rings. The summed E-state index contributed by atoms with van der Waals surface area (Å²) in [5.74, 6) is 11.7. The molecule has 0 saturated heterocycles. The number of aliphatic hydroxyl groups is 1. The zero-order chi connectivity index (χ0) is 75.4. The molecule has 10 rings (SSSR count). The number of pyridine rings is 4. The Morgan fingerprint density at radius 3 is 0.861 bits per heavy atom. The van der Waals surface area contributed by atoms with E-state index in [0.29, 0.717) is 23.5 Å². The SMILES string of the molecule is C.C.C.C/C(=C/C=O)c1cc(-n2c(C)ccc2C)nc(-n2c(C)ccc2C)c1.C/C(=C/CO)c1cc(-n2c(C)ccc2C)nc(-n2c(C)ccc2C)c1.CCCC(C)c1cc(-n2c(C)ccc2C)nc(-n2c(C)ccc2C)c1.CCCC(C)c1cc(N)nc(N)c1.CCN(CC)CC.NOCl.[Ar].[Ar].[Ar].[Ar].[O]=[Mn]=[O]. The van der Waals surface area contributed by atoms with E-state index in [4.69, 9.17) is 34.1 Å². The van der Waals surface area contributed by atoms with Gasteiger partial charge in [-0.3, -0.25) is 4.79 Å². The van der Waals surface area contributed by atoms with Crippen LogP contribution in [0.25, 0.3) is 46.1 Å². The van der Waals surface area contributed by atoms with Crippen LogP contribution in [0, 0.1) is 234 Å². The second-order valence-corrected chi connectivity index (χ2v) is 25.8. The van der Waals surface area contributed by atoms with Crippen molar-refractivity contribution in [1.29, 1.82) is 0 Å². The third kappa shape index (κ3) is 32.3. The van der Waals surface area contributed by atoms with Crippen molar-refractivity contribution in [3.05, 3.63) is 224 Å². The summed E-state index contributed by atoms with van der Waals surface area (Å²) in [6, 6.07) is 41.9. The average molecular weight is 1650 g/mol. The summed E-state index contributed by atoms with van der Waals surface area (Å²) in [6.07, 6.45) is 8.95. The number of aldehydes is 1. The number of allylic oxidation sites excluding steroid dienone is 3. The molecule has 0 aliphatic heterocycles. The fourth-order valence-corrected chi connectivity index (χ4v) is 12.3. The van der Waals surface area contributed by atoms with Crippen molar-refractivity contribution in [2.45, 2.75) is 205 Å². The van der Waals surface area contributed by atoms with E-state index in [1.807, 2.05) is 44.2 Å². The number of rotatable bonds is 19. The van der Waals surface area contributed by atoms with Gasteiger partial charge in [0.2, 0.25) is 0 Å². The molecule has 0 amide bonds. The number of hydrogen-bond donors (Lipinski definition) is 4. The second-order valence-electron chi connectivity index (χ2n) is 25.4. The molecule has 25 heteroatoms. The second kappa shape index (κ2) is 56.5. The zero-order valence-electron chi connectivity index (χ0n) is 65.0. The zero-order valence-corrected chi connectivity index (χ0v) is 69.8. The van der Waals surface area contributed by atoms with Crippen LogP contribution < -0.4 is 17.4 Å². The minimum atomic E-state index is -1.44. The topological polar surface area (TPSA) is 243 Å². The Morgan fingerprint density at radius 1 is 0.454 bits per heavy atom. The van der Waals surface area contributed by atoms with Crippen molar-refractivity contribution < 1.29 is 188 Å². The molecule has 2 unspecified atom stereocenters. The van der Waals surface area contributed by atoms with Gasteiger partial charge in [0, 0.05) is 219 Å². The standard InChI is InChI=1S/C22H29N3.C21H25N3O.C21H23N3O.C10H17N3.C6H15N.3CH4.4Ar.ClH2NO.Mn.2O/c1-7-8-15(2)20-13-21(24-16(3)9-10-17(24)4)23-22(14-20)25-18(5)11-12-19(25)6;2*1-14(10-11-25)19-12-20(23-15(2)6-7-16(23)3)22-21(13-19)24-17(4)8-9-18(24)5;1-3-4-7(2)8-5-9(11)13-10(12)6-8;1-4-7(5-2)6-3;;;;;;;;1-3-2;;;/h9-15H,7-8H2,1-6H3;6-10,12-13,25H,11H2,1-5H3;6-13H,1-5H3;5-7H,3-4H2,1-2H3,(H4,11,12,13);4-6H2,1-3H3;3*1H4;;;;;2H2;;;/b;2*14-10-;;;;;;;;;;;;;. The molecule has 2 atom stereocenters. The van der Waals surface area contributed by atoms with Gasteiger partial charge in [-0.15, -0.1) is 0 Å². The number of aryl methyl sites for hydroxylation is 12. The number of halogens is 1. The molecule has 0 fully saturated rings. The Hall–Kier alpha value is -3.68. The molecule has 19 nitrogen and oxygen atoms in total. The Morgan fingerprint density at radius 2 is 0.667 bits per heavy atom. The van der Waals surface area contributed by atoms with Crippen LogP contribution in [0.15, 0.2) is 133 Å². The van der Waals surface area contributed by atoms with Gasteiger partial charge < -0.3 is 48.9 Å². The van der Waals surface area contributed by atoms with Crippen molar-refractivity contribution in [1.82, 2.24) is 52.2 Å². The van der Waals surface area contributed by atoms with Crippen molar-refractivity contribution in [3.8, 4) is 34.9 Å². The van der Waals surface area contributed by atoms with Crippen LogP contribution in [0.5, 0.6) is 0 Å². The number of aromatic nitrogens is 10. The number of carbonyl (C=O) groups excluding carboxylic acids is 1. The number of nitrogens with two attached hydrogens (primary N) is 3. The maximum absolute atomic E-state index is 10.9. The predicted octanol–water partition coefficient (Wildman–Crippen LogP) is 19.8. The van der Waals surface area contributed by atoms with Gasteiger partial charge in [0.05, 0.1) is 18.5 Å². The maximum atomic E-state index is 10.9. The van der Waals surface area contributed by atoms with Crippen LogP contribution in [0.3, 0.4) is 0 Å². The summed E-state index contributed by atoms with van der Waals surface area (Å²) in [4.78, 5) is 32.1. The van der Waals surface area contributed by atoms with E-state index >= 15 is 0 Å².